The van der Waals surface area contributed by atoms with Crippen molar-refractivity contribution in [3.8, 4) is 0 Å². The van der Waals surface area contributed by atoms with Crippen molar-refractivity contribution in [2.45, 2.75) is 25.2 Å². The summed E-state index contributed by atoms with van der Waals surface area (Å²) in [5.74, 6) is 0. The molecule has 2 N–H and O–H groups in total. The molecule has 0 unspecified atom stereocenters. The zero-order valence-electron chi connectivity index (χ0n) is 10.3. The number of hydrogen-bond acceptors (Lipinski definition) is 3. The van der Waals surface area contributed by atoms with E-state index in [4.69, 9.17) is 28.9 Å². The molecule has 0 amide bonds. The van der Waals surface area contributed by atoms with E-state index >= 15 is 0 Å². The summed E-state index contributed by atoms with van der Waals surface area (Å²) in [4.78, 5) is -0.0659. The number of sulfonamides is 1. The number of nitrogen functional groups attached to an aromatic ring is 1. The van der Waals surface area contributed by atoms with E-state index in [0.717, 1.165) is 6.42 Å². The Morgan fingerprint density at radius 3 is 2.33 bits per heavy atom. The minimum atomic E-state index is -3.67. The Morgan fingerprint density at radius 2 is 1.89 bits per heavy atom. The van der Waals surface area contributed by atoms with Gasteiger partial charge in [-0.05, 0) is 18.6 Å². The van der Waals surface area contributed by atoms with E-state index in [1.807, 2.05) is 6.92 Å². The SMILES string of the molecule is CCCN(CC)S(=O)(=O)c1c(N)cc(Cl)cc1Cl. The second-order valence-corrected chi connectivity index (χ2v) is 6.52. The summed E-state index contributed by atoms with van der Waals surface area (Å²) in [7, 11) is -3.67. The molecule has 0 radical (unpaired) electrons. The number of rotatable bonds is 5. The van der Waals surface area contributed by atoms with Crippen LogP contribution in [0.3, 0.4) is 0 Å². The zero-order valence-corrected chi connectivity index (χ0v) is 12.6. The van der Waals surface area contributed by atoms with Crippen molar-refractivity contribution < 1.29 is 8.42 Å². The Kier molecular flexibility index (Phi) is 5.28. The second kappa shape index (κ2) is 6.10. The van der Waals surface area contributed by atoms with Crippen LogP contribution >= 0.6 is 23.2 Å². The van der Waals surface area contributed by atoms with Gasteiger partial charge in [0.1, 0.15) is 4.90 Å². The van der Waals surface area contributed by atoms with Crippen molar-refractivity contribution in [3.05, 3.63) is 22.2 Å². The van der Waals surface area contributed by atoms with Crippen LogP contribution < -0.4 is 5.73 Å². The maximum atomic E-state index is 12.4. The normalized spacial score (nSPS) is 12.1. The molecule has 18 heavy (non-hydrogen) atoms. The summed E-state index contributed by atoms with van der Waals surface area (Å²) in [5.41, 5.74) is 5.79. The van der Waals surface area contributed by atoms with Gasteiger partial charge in [0.25, 0.3) is 0 Å². The number of nitrogens with two attached hydrogens (primary N) is 1. The summed E-state index contributed by atoms with van der Waals surface area (Å²) in [6, 6.07) is 2.77. The smallest absolute Gasteiger partial charge is 0.246 e. The van der Waals surface area contributed by atoms with E-state index in [-0.39, 0.29) is 15.6 Å². The molecule has 1 aromatic rings. The minimum absolute atomic E-state index is 0.0505. The molecule has 0 saturated heterocycles. The predicted octanol–water partition coefficient (Wildman–Crippen LogP) is 3.00. The van der Waals surface area contributed by atoms with Crippen LogP contribution in [0.4, 0.5) is 5.69 Å². The van der Waals surface area contributed by atoms with Gasteiger partial charge < -0.3 is 5.73 Å². The largest absolute Gasteiger partial charge is 0.398 e. The van der Waals surface area contributed by atoms with Gasteiger partial charge in [-0.25, -0.2) is 8.42 Å². The van der Waals surface area contributed by atoms with E-state index < -0.39 is 10.0 Å². The van der Waals surface area contributed by atoms with Crippen LogP contribution in [0.1, 0.15) is 20.3 Å². The van der Waals surface area contributed by atoms with Crippen molar-refractivity contribution in [1.29, 1.82) is 0 Å². The molecule has 1 aromatic carbocycles. The molecule has 0 aliphatic heterocycles. The number of nitrogens with zero attached hydrogens (tertiary/aromatic N) is 1. The van der Waals surface area contributed by atoms with Crippen LogP contribution in [-0.2, 0) is 10.0 Å². The highest BCUT2D eigenvalue weighted by atomic mass is 35.5. The van der Waals surface area contributed by atoms with Gasteiger partial charge in [-0.3, -0.25) is 0 Å². The third-order valence-corrected chi connectivity index (χ3v) is 5.18. The van der Waals surface area contributed by atoms with Crippen LogP contribution in [-0.4, -0.2) is 25.8 Å². The fourth-order valence-corrected chi connectivity index (χ4v) is 4.16. The molecule has 0 aromatic heterocycles. The molecule has 102 valence electrons. The Balaban J connectivity index is 3.36. The van der Waals surface area contributed by atoms with Gasteiger partial charge >= 0.3 is 0 Å². The van der Waals surface area contributed by atoms with E-state index in [0.29, 0.717) is 18.1 Å². The monoisotopic (exact) mass is 310 g/mol. The molecular formula is C11H16Cl2N2O2S. The maximum Gasteiger partial charge on any atom is 0.246 e. The Hall–Kier alpha value is -0.490. The molecule has 0 aliphatic rings. The van der Waals surface area contributed by atoms with E-state index in [1.165, 1.54) is 16.4 Å². The van der Waals surface area contributed by atoms with Gasteiger partial charge in [-0.15, -0.1) is 0 Å². The quantitative estimate of drug-likeness (QED) is 0.850. The van der Waals surface area contributed by atoms with E-state index in [2.05, 4.69) is 0 Å². The second-order valence-electron chi connectivity index (χ2n) is 3.80. The van der Waals surface area contributed by atoms with Gasteiger partial charge in [0, 0.05) is 18.1 Å². The number of hydrogen-bond donors (Lipinski definition) is 1. The van der Waals surface area contributed by atoms with Gasteiger partial charge in [-0.2, -0.15) is 4.31 Å². The number of anilines is 1. The van der Waals surface area contributed by atoms with Crippen LogP contribution in [0.25, 0.3) is 0 Å². The van der Waals surface area contributed by atoms with E-state index in [1.54, 1.807) is 6.92 Å². The summed E-state index contributed by atoms with van der Waals surface area (Å²) < 4.78 is 26.2. The van der Waals surface area contributed by atoms with Crippen LogP contribution in [0.2, 0.25) is 10.0 Å². The van der Waals surface area contributed by atoms with Gasteiger partial charge in [0.15, 0.2) is 0 Å². The first-order chi connectivity index (χ1) is 8.34. The standard InChI is InChI=1S/C11H16Cl2N2O2S/c1-3-5-15(4-2)18(16,17)11-9(13)6-8(12)7-10(11)14/h6-7H,3-5,14H2,1-2H3. The van der Waals surface area contributed by atoms with Crippen LogP contribution in [0.15, 0.2) is 17.0 Å². The number of halogens is 2. The van der Waals surface area contributed by atoms with E-state index in [9.17, 15) is 8.42 Å². The Bertz CT molecular complexity index is 509. The lowest BCUT2D eigenvalue weighted by atomic mass is 10.3. The van der Waals surface area contributed by atoms with Crippen molar-refractivity contribution >= 4 is 38.9 Å². The highest BCUT2D eigenvalue weighted by Crippen LogP contribution is 2.33. The van der Waals surface area contributed by atoms with Gasteiger partial charge in [-0.1, -0.05) is 37.0 Å². The lowest BCUT2D eigenvalue weighted by Gasteiger charge is -2.21. The predicted molar refractivity (Wildman–Crippen MR) is 75.6 cm³/mol. The molecule has 0 fully saturated rings. The fraction of sp³-hybridized carbons (Fsp3) is 0.455. The minimum Gasteiger partial charge on any atom is -0.398 e. The Morgan fingerprint density at radius 1 is 1.28 bits per heavy atom. The Labute approximate surface area is 118 Å². The van der Waals surface area contributed by atoms with Crippen molar-refractivity contribution in [3.63, 3.8) is 0 Å². The molecule has 0 spiro atoms. The fourth-order valence-electron chi connectivity index (χ4n) is 1.68. The van der Waals surface area contributed by atoms with Crippen molar-refractivity contribution in [1.82, 2.24) is 4.31 Å². The first-order valence-electron chi connectivity index (χ1n) is 5.59. The number of benzene rings is 1. The van der Waals surface area contributed by atoms with Gasteiger partial charge in [0.05, 0.1) is 10.7 Å². The zero-order chi connectivity index (χ0) is 13.9. The summed E-state index contributed by atoms with van der Waals surface area (Å²) in [6.45, 7) is 4.48. The molecule has 0 bridgehead atoms. The van der Waals surface area contributed by atoms with Crippen molar-refractivity contribution in [2.24, 2.45) is 0 Å². The maximum absolute atomic E-state index is 12.4. The summed E-state index contributed by atoms with van der Waals surface area (Å²) in [5, 5.41) is 0.365. The van der Waals surface area contributed by atoms with Crippen molar-refractivity contribution in [2.75, 3.05) is 18.8 Å². The molecule has 1 rings (SSSR count). The summed E-state index contributed by atoms with van der Waals surface area (Å²) in [6.07, 6.45) is 0.720. The highest BCUT2D eigenvalue weighted by Gasteiger charge is 2.27. The molecule has 0 aliphatic carbocycles. The highest BCUT2D eigenvalue weighted by molar-refractivity contribution is 7.89. The summed E-state index contributed by atoms with van der Waals surface area (Å²) >= 11 is 11.7. The lowest BCUT2D eigenvalue weighted by Crippen LogP contribution is -2.32. The molecule has 0 saturated carbocycles. The molecular weight excluding hydrogens is 295 g/mol. The first-order valence-corrected chi connectivity index (χ1v) is 7.78. The van der Waals surface area contributed by atoms with Crippen LogP contribution in [0, 0.1) is 0 Å². The average Bonchev–Trinajstić information content (AvgIpc) is 2.23. The van der Waals surface area contributed by atoms with Gasteiger partial charge in [0.2, 0.25) is 10.0 Å². The molecule has 4 nitrogen and oxygen atoms in total. The molecule has 7 heteroatoms. The third kappa shape index (κ3) is 3.09. The average molecular weight is 311 g/mol. The lowest BCUT2D eigenvalue weighted by molar-refractivity contribution is 0.427. The first kappa shape index (κ1) is 15.6. The topological polar surface area (TPSA) is 63.4 Å². The molecule has 0 atom stereocenters. The van der Waals surface area contributed by atoms with Crippen LogP contribution in [0.5, 0.6) is 0 Å². The third-order valence-electron chi connectivity index (χ3n) is 2.46. The molecule has 0 heterocycles.